The lowest BCUT2D eigenvalue weighted by atomic mass is 9.82. The molecule has 0 radical (unpaired) electrons. The minimum absolute atomic E-state index is 0.109. The normalized spacial score (nSPS) is 28.7. The van der Waals surface area contributed by atoms with Gasteiger partial charge >= 0.3 is 6.18 Å². The lowest BCUT2D eigenvalue weighted by Gasteiger charge is -2.37. The van der Waals surface area contributed by atoms with E-state index in [0.29, 0.717) is 35.9 Å². The van der Waals surface area contributed by atoms with Gasteiger partial charge in [0.25, 0.3) is 0 Å². The lowest BCUT2D eigenvalue weighted by Crippen LogP contribution is -2.51. The highest BCUT2D eigenvalue weighted by atomic mass is 32.2. The van der Waals surface area contributed by atoms with Gasteiger partial charge in [0.1, 0.15) is 5.84 Å². The summed E-state index contributed by atoms with van der Waals surface area (Å²) < 4.78 is 54.3. The van der Waals surface area contributed by atoms with Gasteiger partial charge < -0.3 is 10.2 Å². The summed E-state index contributed by atoms with van der Waals surface area (Å²) >= 11 is 0. The number of nitrogens with zero attached hydrogens (tertiary/aromatic N) is 3. The van der Waals surface area contributed by atoms with E-state index in [9.17, 15) is 17.4 Å². The highest BCUT2D eigenvalue weighted by Crippen LogP contribution is 2.31. The molecule has 3 aliphatic rings. The van der Waals surface area contributed by atoms with Gasteiger partial charge in [0.05, 0.1) is 11.3 Å². The van der Waals surface area contributed by atoms with Crippen molar-refractivity contribution in [3.63, 3.8) is 0 Å². The van der Waals surface area contributed by atoms with Gasteiger partial charge in [0.15, 0.2) is 0 Å². The van der Waals surface area contributed by atoms with Crippen molar-refractivity contribution in [2.24, 2.45) is 27.7 Å². The fourth-order valence-electron chi connectivity index (χ4n) is 5.37. The third-order valence-electron chi connectivity index (χ3n) is 7.54. The van der Waals surface area contributed by atoms with Crippen molar-refractivity contribution in [2.45, 2.75) is 56.5 Å². The quantitative estimate of drug-likeness (QED) is 0.398. The number of fused-ring (bicyclic) bond motifs is 1. The van der Waals surface area contributed by atoms with Gasteiger partial charge in [-0.05, 0) is 73.9 Å². The van der Waals surface area contributed by atoms with Gasteiger partial charge in [-0.15, -0.1) is 0 Å². The van der Waals surface area contributed by atoms with E-state index in [1.807, 2.05) is 14.1 Å². The summed E-state index contributed by atoms with van der Waals surface area (Å²) in [4.78, 5) is 11.8. The summed E-state index contributed by atoms with van der Waals surface area (Å²) in [6.07, 6.45) is 6.23. The zero-order chi connectivity index (χ0) is 26.6. The minimum atomic E-state index is -4.38. The summed E-state index contributed by atoms with van der Waals surface area (Å²) in [7, 11) is 1.46. The molecule has 1 aliphatic heterocycles. The molecular formula is C27H38F3N5OS. The van der Waals surface area contributed by atoms with Crippen LogP contribution < -0.4 is 10.0 Å². The molecule has 2 N–H and O–H groups in total. The van der Waals surface area contributed by atoms with E-state index in [1.54, 1.807) is 0 Å². The standard InChI is InChI=1S/C27H38F3N5OS/c1-35(2)25-23-6-4-5-7-24(23)33-26(34-25)31-16-19-8-10-20(11-9-19)17-32-37(3,36)18-21-12-14-22(15-13-21)27(28,29)30/h4-5,12-15,19-20,23-24H,3,6-11,16-18H2,1-2H3,(H,31,33)(H,32,36). The Bertz CT molecular complexity index is 1120. The molecule has 3 atom stereocenters. The van der Waals surface area contributed by atoms with Gasteiger partial charge in [-0.3, -0.25) is 9.20 Å². The second-order valence-electron chi connectivity index (χ2n) is 10.7. The van der Waals surface area contributed by atoms with Crippen molar-refractivity contribution in [2.75, 3.05) is 27.2 Å². The number of rotatable bonds is 7. The van der Waals surface area contributed by atoms with Crippen molar-refractivity contribution < 1.29 is 17.4 Å². The van der Waals surface area contributed by atoms with E-state index in [-0.39, 0.29) is 5.75 Å². The molecule has 1 aromatic carbocycles. The fourth-order valence-corrected chi connectivity index (χ4v) is 6.75. The molecule has 0 aromatic heterocycles. The van der Waals surface area contributed by atoms with Crippen LogP contribution >= 0.6 is 0 Å². The number of hydrogen-bond acceptors (Lipinski definition) is 3. The molecule has 4 rings (SSSR count). The summed E-state index contributed by atoms with van der Waals surface area (Å²) in [5.41, 5.74) is -0.128. The van der Waals surface area contributed by atoms with Crippen LogP contribution in [0.3, 0.4) is 0 Å². The summed E-state index contributed by atoms with van der Waals surface area (Å²) in [6.45, 7) is 1.35. The van der Waals surface area contributed by atoms with Crippen LogP contribution in [0, 0.1) is 17.8 Å². The van der Waals surface area contributed by atoms with Crippen LogP contribution in [-0.4, -0.2) is 60.0 Å². The van der Waals surface area contributed by atoms with Crippen LogP contribution in [0.5, 0.6) is 0 Å². The average molecular weight is 538 g/mol. The Hall–Kier alpha value is -2.33. The molecular weight excluding hydrogens is 499 g/mol. The van der Waals surface area contributed by atoms with Crippen molar-refractivity contribution >= 4 is 27.4 Å². The van der Waals surface area contributed by atoms with E-state index >= 15 is 0 Å². The Morgan fingerprint density at radius 1 is 1.11 bits per heavy atom. The zero-order valence-electron chi connectivity index (χ0n) is 21.6. The monoisotopic (exact) mass is 537 g/mol. The predicted molar refractivity (Wildman–Crippen MR) is 146 cm³/mol. The smallest absolute Gasteiger partial charge is 0.366 e. The molecule has 0 bridgehead atoms. The molecule has 1 saturated carbocycles. The molecule has 0 amide bonds. The molecule has 3 unspecified atom stereocenters. The van der Waals surface area contributed by atoms with E-state index < -0.39 is 21.4 Å². The maximum atomic E-state index is 12.9. The Morgan fingerprint density at radius 2 is 1.76 bits per heavy atom. The summed E-state index contributed by atoms with van der Waals surface area (Å²) in [5, 5.41) is 3.54. The molecule has 0 saturated heterocycles. The van der Waals surface area contributed by atoms with E-state index in [4.69, 9.17) is 9.98 Å². The molecule has 37 heavy (non-hydrogen) atoms. The molecule has 1 fully saturated rings. The molecule has 10 heteroatoms. The second-order valence-corrected chi connectivity index (χ2v) is 12.9. The van der Waals surface area contributed by atoms with Crippen LogP contribution in [0.25, 0.3) is 0 Å². The third kappa shape index (κ3) is 7.60. The number of allylic oxidation sites excluding steroid dienone is 1. The van der Waals surface area contributed by atoms with Crippen molar-refractivity contribution in [3.05, 3.63) is 47.5 Å². The molecule has 204 valence electrons. The number of aliphatic imine (C=N–C) groups is 2. The molecule has 2 aliphatic carbocycles. The molecule has 1 heterocycles. The molecule has 1 aromatic rings. The van der Waals surface area contributed by atoms with Gasteiger partial charge in [-0.25, -0.2) is 9.71 Å². The van der Waals surface area contributed by atoms with Crippen LogP contribution in [0.15, 0.2) is 46.4 Å². The summed E-state index contributed by atoms with van der Waals surface area (Å²) in [5.74, 6) is 7.05. The first-order valence-electron chi connectivity index (χ1n) is 13.0. The second kappa shape index (κ2) is 11.6. The summed E-state index contributed by atoms with van der Waals surface area (Å²) in [6, 6.07) is 5.14. The first-order valence-corrected chi connectivity index (χ1v) is 14.9. The van der Waals surface area contributed by atoms with Crippen molar-refractivity contribution in [1.29, 1.82) is 0 Å². The van der Waals surface area contributed by atoms with Crippen LogP contribution in [0.4, 0.5) is 13.2 Å². The molecule has 0 spiro atoms. The van der Waals surface area contributed by atoms with Crippen molar-refractivity contribution in [3.8, 4) is 0 Å². The predicted octanol–water partition coefficient (Wildman–Crippen LogP) is 4.49. The first kappa shape index (κ1) is 27.7. The Morgan fingerprint density at radius 3 is 2.41 bits per heavy atom. The SMILES string of the molecule is C=S(=O)(Cc1ccc(C(F)(F)F)cc1)NCC1CCC(CN=C2N=C(N(C)C)C3CC=CCC3N2)CC1. The number of halogens is 3. The maximum Gasteiger partial charge on any atom is 0.416 e. The van der Waals surface area contributed by atoms with Gasteiger partial charge in [0, 0.05) is 48.9 Å². The fraction of sp³-hybridized carbons (Fsp3) is 0.593. The van der Waals surface area contributed by atoms with Crippen LogP contribution in [-0.2, 0) is 21.6 Å². The van der Waals surface area contributed by atoms with Crippen LogP contribution in [0.1, 0.15) is 49.7 Å². The van der Waals surface area contributed by atoms with E-state index in [1.165, 1.54) is 12.1 Å². The van der Waals surface area contributed by atoms with E-state index in [0.717, 1.165) is 69.0 Å². The van der Waals surface area contributed by atoms with Gasteiger partial charge in [0.2, 0.25) is 5.96 Å². The zero-order valence-corrected chi connectivity index (χ0v) is 22.5. The van der Waals surface area contributed by atoms with Crippen molar-refractivity contribution in [1.82, 2.24) is 14.9 Å². The Kier molecular flexibility index (Phi) is 8.68. The van der Waals surface area contributed by atoms with Gasteiger partial charge in [-0.1, -0.05) is 24.3 Å². The maximum absolute atomic E-state index is 12.9. The average Bonchev–Trinajstić information content (AvgIpc) is 2.86. The lowest BCUT2D eigenvalue weighted by molar-refractivity contribution is -0.137. The number of amidine groups is 1. The number of benzene rings is 1. The van der Waals surface area contributed by atoms with Crippen LogP contribution in [0.2, 0.25) is 0 Å². The third-order valence-corrected chi connectivity index (χ3v) is 9.03. The van der Waals surface area contributed by atoms with E-state index in [2.05, 4.69) is 33.0 Å². The largest absolute Gasteiger partial charge is 0.416 e. The van der Waals surface area contributed by atoms with Gasteiger partial charge in [-0.2, -0.15) is 13.2 Å². The highest BCUT2D eigenvalue weighted by molar-refractivity contribution is 7.97. The number of nitrogens with one attached hydrogen (secondary N) is 2. The number of guanidine groups is 1. The molecule has 6 nitrogen and oxygen atoms in total. The Labute approximate surface area is 218 Å². The highest BCUT2D eigenvalue weighted by Gasteiger charge is 2.33. The number of hydrogen-bond donors (Lipinski definition) is 2. The topological polar surface area (TPSA) is 69.1 Å². The minimum Gasteiger partial charge on any atom is -0.366 e. The number of alkyl halides is 3. The first-order chi connectivity index (χ1) is 17.5. The Balaban J connectivity index is 1.23.